The van der Waals surface area contributed by atoms with Gasteiger partial charge in [-0.3, -0.25) is 0 Å². The fourth-order valence-electron chi connectivity index (χ4n) is 1.77. The monoisotopic (exact) mass is 243 g/mol. The molecule has 2 rings (SSSR count). The van der Waals surface area contributed by atoms with Gasteiger partial charge in [-0.05, 0) is 30.7 Å². The van der Waals surface area contributed by atoms with Crippen LogP contribution in [0.25, 0.3) is 0 Å². The maximum atomic E-state index is 13.7. The number of nitrogens with zero attached hydrogens (tertiary/aromatic N) is 2. The Kier molecular flexibility index (Phi) is 3.45. The lowest BCUT2D eigenvalue weighted by molar-refractivity contribution is 0.599. The molecule has 0 aliphatic carbocycles. The van der Waals surface area contributed by atoms with Gasteiger partial charge in [-0.15, -0.1) is 0 Å². The highest BCUT2D eigenvalue weighted by molar-refractivity contribution is 5.33. The van der Waals surface area contributed by atoms with Crippen LogP contribution < -0.4 is 5.73 Å². The Balaban J connectivity index is 2.21. The minimum absolute atomic E-state index is 0.0305. The Morgan fingerprint density at radius 1 is 1.44 bits per heavy atom. The van der Waals surface area contributed by atoms with Crippen LogP contribution in [0.1, 0.15) is 29.7 Å². The Bertz CT molecular complexity index is 593. The number of benzene rings is 1. The van der Waals surface area contributed by atoms with Crippen LogP contribution in [0, 0.1) is 17.1 Å². The molecule has 0 fully saturated rings. The van der Waals surface area contributed by atoms with Gasteiger partial charge in [0.05, 0.1) is 11.6 Å². The Morgan fingerprint density at radius 2 is 2.22 bits per heavy atom. The molecule has 1 atom stereocenters. The molecule has 0 bridgehead atoms. The molecule has 4 heteroatoms. The third kappa shape index (κ3) is 2.58. The van der Waals surface area contributed by atoms with Crippen LogP contribution >= 0.6 is 0 Å². The molecule has 0 radical (unpaired) electrons. The number of hydrogen-bond acceptors (Lipinski definition) is 2. The molecule has 0 amide bonds. The molecule has 18 heavy (non-hydrogen) atoms. The maximum absolute atomic E-state index is 13.7. The second kappa shape index (κ2) is 5.03. The summed E-state index contributed by atoms with van der Waals surface area (Å²) in [6.07, 6.45) is 3.78. The van der Waals surface area contributed by atoms with Crippen molar-refractivity contribution in [2.45, 2.75) is 19.5 Å². The van der Waals surface area contributed by atoms with Crippen molar-refractivity contribution in [1.82, 2.24) is 4.57 Å². The van der Waals surface area contributed by atoms with Crippen molar-refractivity contribution in [2.75, 3.05) is 0 Å². The van der Waals surface area contributed by atoms with E-state index in [0.29, 0.717) is 17.7 Å². The molecule has 0 aliphatic heterocycles. The highest BCUT2D eigenvalue weighted by Gasteiger charge is 2.06. The highest BCUT2D eigenvalue weighted by atomic mass is 19.1. The zero-order valence-electron chi connectivity index (χ0n) is 10.1. The van der Waals surface area contributed by atoms with Gasteiger partial charge in [0.25, 0.3) is 0 Å². The van der Waals surface area contributed by atoms with E-state index in [2.05, 4.69) is 0 Å². The molecule has 0 saturated carbocycles. The van der Waals surface area contributed by atoms with Crippen LogP contribution in [0.2, 0.25) is 0 Å². The number of aromatic nitrogens is 1. The van der Waals surface area contributed by atoms with Crippen LogP contribution in [-0.2, 0) is 6.54 Å². The fraction of sp³-hybridized carbons (Fsp3) is 0.214. The molecule has 0 saturated heterocycles. The maximum Gasteiger partial charge on any atom is 0.129 e. The first-order chi connectivity index (χ1) is 8.60. The Morgan fingerprint density at radius 3 is 2.78 bits per heavy atom. The highest BCUT2D eigenvalue weighted by Crippen LogP contribution is 2.14. The Labute approximate surface area is 105 Å². The van der Waals surface area contributed by atoms with E-state index in [-0.39, 0.29) is 11.9 Å². The van der Waals surface area contributed by atoms with E-state index in [0.717, 1.165) is 5.56 Å². The van der Waals surface area contributed by atoms with Crippen molar-refractivity contribution in [2.24, 2.45) is 5.73 Å². The summed E-state index contributed by atoms with van der Waals surface area (Å²) in [4.78, 5) is 0. The van der Waals surface area contributed by atoms with Gasteiger partial charge in [0.2, 0.25) is 0 Å². The van der Waals surface area contributed by atoms with Gasteiger partial charge in [-0.25, -0.2) is 4.39 Å². The van der Waals surface area contributed by atoms with Gasteiger partial charge < -0.3 is 10.3 Å². The summed E-state index contributed by atoms with van der Waals surface area (Å²) in [5.41, 5.74) is 7.67. The number of rotatable bonds is 3. The van der Waals surface area contributed by atoms with Crippen LogP contribution in [0.3, 0.4) is 0 Å². The molecule has 0 spiro atoms. The zero-order chi connectivity index (χ0) is 13.1. The van der Waals surface area contributed by atoms with Crippen molar-refractivity contribution in [1.29, 1.82) is 5.26 Å². The molecular formula is C14H14FN3. The van der Waals surface area contributed by atoms with E-state index in [1.54, 1.807) is 12.1 Å². The second-order valence-electron chi connectivity index (χ2n) is 4.32. The first-order valence-corrected chi connectivity index (χ1v) is 5.70. The van der Waals surface area contributed by atoms with Crippen LogP contribution in [0.15, 0.2) is 36.7 Å². The predicted octanol–water partition coefficient (Wildman–Crippen LogP) is 2.57. The first-order valence-electron chi connectivity index (χ1n) is 5.70. The van der Waals surface area contributed by atoms with Crippen LogP contribution in [0.5, 0.6) is 0 Å². The van der Waals surface area contributed by atoms with Gasteiger partial charge in [-0.2, -0.15) is 5.26 Å². The molecule has 1 heterocycles. The molecule has 2 N–H and O–H groups in total. The Hall–Kier alpha value is -2.12. The number of halogens is 1. The molecule has 1 aromatic heterocycles. The number of nitriles is 1. The van der Waals surface area contributed by atoms with Crippen LogP contribution in [0.4, 0.5) is 4.39 Å². The van der Waals surface area contributed by atoms with E-state index < -0.39 is 0 Å². The third-order valence-corrected chi connectivity index (χ3v) is 2.83. The van der Waals surface area contributed by atoms with Crippen molar-refractivity contribution in [3.63, 3.8) is 0 Å². The van der Waals surface area contributed by atoms with Crippen molar-refractivity contribution in [3.8, 4) is 6.07 Å². The summed E-state index contributed by atoms with van der Waals surface area (Å²) in [6, 6.07) is 8.32. The fourth-order valence-corrected chi connectivity index (χ4v) is 1.77. The summed E-state index contributed by atoms with van der Waals surface area (Å²) < 4.78 is 15.6. The van der Waals surface area contributed by atoms with Crippen LogP contribution in [-0.4, -0.2) is 4.57 Å². The van der Waals surface area contributed by atoms with Gasteiger partial charge >= 0.3 is 0 Å². The molecule has 92 valence electrons. The predicted molar refractivity (Wildman–Crippen MR) is 67.3 cm³/mol. The average Bonchev–Trinajstić information content (AvgIpc) is 2.80. The van der Waals surface area contributed by atoms with Crippen molar-refractivity contribution >= 4 is 0 Å². The third-order valence-electron chi connectivity index (χ3n) is 2.83. The van der Waals surface area contributed by atoms with Gasteiger partial charge in [0.15, 0.2) is 0 Å². The van der Waals surface area contributed by atoms with E-state index in [1.165, 1.54) is 6.07 Å². The zero-order valence-corrected chi connectivity index (χ0v) is 10.1. The summed E-state index contributed by atoms with van der Waals surface area (Å²) in [5.74, 6) is -0.356. The van der Waals surface area contributed by atoms with Crippen molar-refractivity contribution in [3.05, 3.63) is 59.2 Å². The molecule has 0 aliphatic rings. The lowest BCUT2D eigenvalue weighted by Crippen LogP contribution is -2.04. The number of hydrogen-bond donors (Lipinski definition) is 1. The summed E-state index contributed by atoms with van der Waals surface area (Å²) in [6.45, 7) is 2.34. The normalized spacial score (nSPS) is 12.1. The van der Waals surface area contributed by atoms with Gasteiger partial charge in [-0.1, -0.05) is 6.07 Å². The van der Waals surface area contributed by atoms with E-state index >= 15 is 0 Å². The lowest BCUT2D eigenvalue weighted by atomic mass is 10.1. The molecule has 1 aromatic carbocycles. The van der Waals surface area contributed by atoms with Crippen molar-refractivity contribution < 1.29 is 4.39 Å². The SMILES string of the molecule is CC(N)c1ccn(Cc2ccc(C#N)cc2F)c1. The summed E-state index contributed by atoms with van der Waals surface area (Å²) in [5, 5.41) is 8.67. The second-order valence-corrected chi connectivity index (χ2v) is 4.32. The van der Waals surface area contributed by atoms with E-state index in [1.807, 2.05) is 36.0 Å². The molecular weight excluding hydrogens is 229 g/mol. The topological polar surface area (TPSA) is 54.7 Å². The molecule has 1 unspecified atom stereocenters. The minimum Gasteiger partial charge on any atom is -0.349 e. The molecule has 2 aromatic rings. The summed E-state index contributed by atoms with van der Waals surface area (Å²) >= 11 is 0. The summed E-state index contributed by atoms with van der Waals surface area (Å²) in [7, 11) is 0. The average molecular weight is 243 g/mol. The van der Waals surface area contributed by atoms with Gasteiger partial charge in [0.1, 0.15) is 5.82 Å². The smallest absolute Gasteiger partial charge is 0.129 e. The largest absolute Gasteiger partial charge is 0.349 e. The minimum atomic E-state index is -0.356. The number of nitrogens with two attached hydrogens (primary N) is 1. The molecule has 3 nitrogen and oxygen atoms in total. The first kappa shape index (κ1) is 12.3. The van der Waals surface area contributed by atoms with E-state index in [4.69, 9.17) is 11.0 Å². The quantitative estimate of drug-likeness (QED) is 0.900. The van der Waals surface area contributed by atoms with E-state index in [9.17, 15) is 4.39 Å². The van der Waals surface area contributed by atoms with Gasteiger partial charge in [0, 0.05) is 30.5 Å². The lowest BCUT2D eigenvalue weighted by Gasteiger charge is -2.05. The standard InChI is InChI=1S/C14H14FN3/c1-10(17)12-4-5-18(8-12)9-13-3-2-11(7-16)6-14(13)15/h2-6,8,10H,9,17H2,1H3.